The molecule has 1 aliphatic rings. The molecule has 0 bridgehead atoms. The third kappa shape index (κ3) is 4.19. The average molecular weight is 292 g/mol. The van der Waals surface area contributed by atoms with Gasteiger partial charge in [-0.1, -0.05) is 18.6 Å². The average Bonchev–Trinajstić information content (AvgIpc) is 2.46. The standard InChI is InChI=1S/C17H28N2O2/c1-12-5-6-17(21-4)14(9-12)16(20)10-18-15-7-8-19(3)11-13(15)2/h5-6,9,13,15-16,18,20H,7-8,10-11H2,1-4H3. The summed E-state index contributed by atoms with van der Waals surface area (Å²) in [4.78, 5) is 2.36. The number of ether oxygens (including phenoxy) is 1. The Hall–Kier alpha value is -1.10. The molecule has 4 nitrogen and oxygen atoms in total. The molecular weight excluding hydrogens is 264 g/mol. The summed E-state index contributed by atoms with van der Waals surface area (Å²) in [5, 5.41) is 14.0. The quantitative estimate of drug-likeness (QED) is 0.871. The molecule has 1 heterocycles. The summed E-state index contributed by atoms with van der Waals surface area (Å²) in [6, 6.07) is 6.41. The number of aliphatic hydroxyl groups excluding tert-OH is 1. The summed E-state index contributed by atoms with van der Waals surface area (Å²) >= 11 is 0. The molecule has 0 saturated carbocycles. The zero-order chi connectivity index (χ0) is 15.4. The second-order valence-electron chi connectivity index (χ2n) is 6.30. The third-order valence-electron chi connectivity index (χ3n) is 4.43. The van der Waals surface area contributed by atoms with Crippen LogP contribution >= 0.6 is 0 Å². The molecule has 4 heteroatoms. The number of aryl methyl sites for hydroxylation is 1. The van der Waals surface area contributed by atoms with Crippen molar-refractivity contribution in [2.45, 2.75) is 32.4 Å². The topological polar surface area (TPSA) is 44.7 Å². The first-order valence-corrected chi connectivity index (χ1v) is 7.75. The Morgan fingerprint density at radius 2 is 2.24 bits per heavy atom. The number of methoxy groups -OCH3 is 1. The van der Waals surface area contributed by atoms with E-state index in [2.05, 4.69) is 24.2 Å². The second-order valence-corrected chi connectivity index (χ2v) is 6.30. The maximum atomic E-state index is 10.5. The van der Waals surface area contributed by atoms with Crippen molar-refractivity contribution in [3.05, 3.63) is 29.3 Å². The van der Waals surface area contributed by atoms with Crippen LogP contribution in [0.3, 0.4) is 0 Å². The van der Waals surface area contributed by atoms with E-state index in [0.717, 1.165) is 36.4 Å². The minimum atomic E-state index is -0.535. The van der Waals surface area contributed by atoms with E-state index in [-0.39, 0.29) is 0 Å². The number of nitrogens with one attached hydrogen (secondary N) is 1. The van der Waals surface area contributed by atoms with Crippen molar-refractivity contribution in [3.8, 4) is 5.75 Å². The molecule has 2 N–H and O–H groups in total. The summed E-state index contributed by atoms with van der Waals surface area (Å²) in [5.41, 5.74) is 2.00. The summed E-state index contributed by atoms with van der Waals surface area (Å²) in [6.45, 7) is 7.10. The van der Waals surface area contributed by atoms with E-state index in [0.29, 0.717) is 18.5 Å². The lowest BCUT2D eigenvalue weighted by Crippen LogP contribution is -2.47. The number of hydrogen-bond acceptors (Lipinski definition) is 4. The highest BCUT2D eigenvalue weighted by atomic mass is 16.5. The van der Waals surface area contributed by atoms with Crippen LogP contribution in [0, 0.1) is 12.8 Å². The van der Waals surface area contributed by atoms with Gasteiger partial charge in [-0.05, 0) is 45.0 Å². The largest absolute Gasteiger partial charge is 0.496 e. The molecule has 1 aromatic rings. The zero-order valence-electron chi connectivity index (χ0n) is 13.6. The van der Waals surface area contributed by atoms with Crippen molar-refractivity contribution < 1.29 is 9.84 Å². The Balaban J connectivity index is 1.95. The van der Waals surface area contributed by atoms with Crippen molar-refractivity contribution in [2.75, 3.05) is 33.8 Å². The van der Waals surface area contributed by atoms with Gasteiger partial charge in [-0.2, -0.15) is 0 Å². The molecule has 1 aromatic carbocycles. The van der Waals surface area contributed by atoms with E-state index in [1.54, 1.807) is 7.11 Å². The Kier molecular flexibility index (Phi) is 5.62. The smallest absolute Gasteiger partial charge is 0.124 e. The number of aliphatic hydroxyl groups is 1. The van der Waals surface area contributed by atoms with Crippen LogP contribution in [0.25, 0.3) is 0 Å². The molecule has 2 rings (SSSR count). The monoisotopic (exact) mass is 292 g/mol. The third-order valence-corrected chi connectivity index (χ3v) is 4.43. The van der Waals surface area contributed by atoms with E-state index in [4.69, 9.17) is 4.74 Å². The van der Waals surface area contributed by atoms with Crippen LogP contribution in [0.2, 0.25) is 0 Å². The van der Waals surface area contributed by atoms with E-state index in [1.807, 2.05) is 25.1 Å². The Morgan fingerprint density at radius 1 is 1.48 bits per heavy atom. The van der Waals surface area contributed by atoms with Gasteiger partial charge in [-0.3, -0.25) is 0 Å². The van der Waals surface area contributed by atoms with E-state index in [1.165, 1.54) is 0 Å². The first kappa shape index (κ1) is 16.3. The predicted molar refractivity (Wildman–Crippen MR) is 85.8 cm³/mol. The number of rotatable bonds is 5. The van der Waals surface area contributed by atoms with E-state index in [9.17, 15) is 5.11 Å². The molecule has 0 aromatic heterocycles. The van der Waals surface area contributed by atoms with Gasteiger partial charge in [0.05, 0.1) is 13.2 Å². The molecule has 3 unspecified atom stereocenters. The molecule has 0 spiro atoms. The molecular formula is C17H28N2O2. The van der Waals surface area contributed by atoms with Crippen molar-refractivity contribution in [2.24, 2.45) is 5.92 Å². The summed E-state index contributed by atoms with van der Waals surface area (Å²) in [7, 11) is 3.81. The fourth-order valence-electron chi connectivity index (χ4n) is 3.14. The maximum absolute atomic E-state index is 10.5. The number of piperidine rings is 1. The fourth-order valence-corrected chi connectivity index (χ4v) is 3.14. The van der Waals surface area contributed by atoms with E-state index < -0.39 is 6.10 Å². The van der Waals surface area contributed by atoms with E-state index >= 15 is 0 Å². The summed E-state index contributed by atoms with van der Waals surface area (Å²) in [6.07, 6.45) is 0.599. The molecule has 118 valence electrons. The van der Waals surface area contributed by atoms with Crippen LogP contribution in [-0.2, 0) is 0 Å². The number of likely N-dealkylation sites (tertiary alicyclic amines) is 1. The normalized spacial score (nSPS) is 24.8. The minimum absolute atomic E-state index is 0.478. The first-order chi connectivity index (χ1) is 10.0. The summed E-state index contributed by atoms with van der Waals surface area (Å²) in [5.74, 6) is 1.36. The highest BCUT2D eigenvalue weighted by molar-refractivity contribution is 5.38. The van der Waals surface area contributed by atoms with Crippen LogP contribution in [0.1, 0.15) is 30.6 Å². The van der Waals surface area contributed by atoms with Crippen LogP contribution in [0.5, 0.6) is 5.75 Å². The molecule has 3 atom stereocenters. The zero-order valence-corrected chi connectivity index (χ0v) is 13.6. The van der Waals surface area contributed by atoms with Crippen LogP contribution in [-0.4, -0.2) is 49.8 Å². The van der Waals surface area contributed by atoms with Gasteiger partial charge in [-0.15, -0.1) is 0 Å². The molecule has 0 amide bonds. The number of nitrogens with zero attached hydrogens (tertiary/aromatic N) is 1. The lowest BCUT2D eigenvalue weighted by Gasteiger charge is -2.35. The van der Waals surface area contributed by atoms with Crippen molar-refractivity contribution in [1.82, 2.24) is 10.2 Å². The lowest BCUT2D eigenvalue weighted by atomic mass is 9.94. The van der Waals surface area contributed by atoms with Crippen LogP contribution in [0.15, 0.2) is 18.2 Å². The maximum Gasteiger partial charge on any atom is 0.124 e. The fraction of sp³-hybridized carbons (Fsp3) is 0.647. The number of benzene rings is 1. The van der Waals surface area contributed by atoms with Gasteiger partial charge in [0.2, 0.25) is 0 Å². The van der Waals surface area contributed by atoms with Crippen molar-refractivity contribution in [3.63, 3.8) is 0 Å². The highest BCUT2D eigenvalue weighted by Crippen LogP contribution is 2.26. The number of hydrogen-bond donors (Lipinski definition) is 2. The molecule has 1 saturated heterocycles. The Bertz CT molecular complexity index is 464. The van der Waals surface area contributed by atoms with Gasteiger partial charge < -0.3 is 20.1 Å². The van der Waals surface area contributed by atoms with Crippen LogP contribution in [0.4, 0.5) is 0 Å². The Morgan fingerprint density at radius 3 is 2.90 bits per heavy atom. The van der Waals surface area contributed by atoms with Gasteiger partial charge in [0.1, 0.15) is 5.75 Å². The van der Waals surface area contributed by atoms with Gasteiger partial charge >= 0.3 is 0 Å². The van der Waals surface area contributed by atoms with Crippen molar-refractivity contribution in [1.29, 1.82) is 0 Å². The van der Waals surface area contributed by atoms with Gasteiger partial charge in [0, 0.05) is 24.7 Å². The molecule has 21 heavy (non-hydrogen) atoms. The predicted octanol–water partition coefficient (Wildman–Crippen LogP) is 1.97. The van der Waals surface area contributed by atoms with Gasteiger partial charge in [-0.25, -0.2) is 0 Å². The van der Waals surface area contributed by atoms with Gasteiger partial charge in [0.15, 0.2) is 0 Å². The second kappa shape index (κ2) is 7.25. The van der Waals surface area contributed by atoms with Gasteiger partial charge in [0.25, 0.3) is 0 Å². The first-order valence-electron chi connectivity index (χ1n) is 7.75. The molecule has 1 aliphatic heterocycles. The van der Waals surface area contributed by atoms with Crippen LogP contribution < -0.4 is 10.1 Å². The molecule has 0 aliphatic carbocycles. The lowest BCUT2D eigenvalue weighted by molar-refractivity contribution is 0.135. The highest BCUT2D eigenvalue weighted by Gasteiger charge is 2.24. The minimum Gasteiger partial charge on any atom is -0.496 e. The summed E-state index contributed by atoms with van der Waals surface area (Å²) < 4.78 is 5.35. The Labute approximate surface area is 128 Å². The SMILES string of the molecule is COc1ccc(C)cc1C(O)CNC1CCN(C)CC1C. The molecule has 1 fully saturated rings. The van der Waals surface area contributed by atoms with Crippen molar-refractivity contribution >= 4 is 0 Å². The molecule has 0 radical (unpaired) electrons.